The van der Waals surface area contributed by atoms with Crippen LogP contribution in [-0.4, -0.2) is 18.2 Å². The van der Waals surface area contributed by atoms with E-state index in [1.54, 1.807) is 0 Å². The fourth-order valence-electron chi connectivity index (χ4n) is 1.12. The van der Waals surface area contributed by atoms with Gasteiger partial charge in [0.05, 0.1) is 17.7 Å². The zero-order valence-electron chi connectivity index (χ0n) is 7.93. The molecule has 3 nitrogen and oxygen atoms in total. The van der Waals surface area contributed by atoms with E-state index < -0.39 is 28.3 Å². The van der Waals surface area contributed by atoms with E-state index in [4.69, 9.17) is 16.7 Å². The Labute approximate surface area is 93.4 Å². The number of carboxylic acid groups (broad SMARTS) is 1. The molecule has 0 aliphatic carbocycles. The molecule has 88 valence electrons. The molecule has 0 aliphatic rings. The lowest BCUT2D eigenvalue weighted by atomic mass is 10.1. The maximum atomic E-state index is 12.4. The average molecular weight is 255 g/mol. The second-order valence-corrected chi connectivity index (χ2v) is 3.25. The molecule has 0 radical (unpaired) electrons. The summed E-state index contributed by atoms with van der Waals surface area (Å²) in [5.41, 5.74) is -1.75. The van der Waals surface area contributed by atoms with Crippen molar-refractivity contribution in [2.45, 2.75) is 6.18 Å². The van der Waals surface area contributed by atoms with Crippen molar-refractivity contribution in [3.05, 3.63) is 28.3 Å². The van der Waals surface area contributed by atoms with Gasteiger partial charge in [0.2, 0.25) is 0 Å². The summed E-state index contributed by atoms with van der Waals surface area (Å²) in [6.45, 7) is 0. The highest BCUT2D eigenvalue weighted by molar-refractivity contribution is 6.32. The zero-order chi connectivity index (χ0) is 12.5. The van der Waals surface area contributed by atoms with Crippen LogP contribution >= 0.6 is 11.6 Å². The number of alkyl halides is 3. The van der Waals surface area contributed by atoms with E-state index >= 15 is 0 Å². The summed E-state index contributed by atoms with van der Waals surface area (Å²) in [6.07, 6.45) is -4.65. The Bertz CT molecular complexity index is 429. The van der Waals surface area contributed by atoms with E-state index in [-0.39, 0.29) is 5.75 Å². The number of aromatic carboxylic acids is 1. The van der Waals surface area contributed by atoms with Crippen molar-refractivity contribution in [2.75, 3.05) is 7.11 Å². The van der Waals surface area contributed by atoms with Crippen molar-refractivity contribution in [1.82, 2.24) is 0 Å². The van der Waals surface area contributed by atoms with Crippen LogP contribution in [0.15, 0.2) is 12.1 Å². The summed E-state index contributed by atoms with van der Waals surface area (Å²) in [6, 6.07) is 1.10. The quantitative estimate of drug-likeness (QED) is 0.882. The van der Waals surface area contributed by atoms with Gasteiger partial charge in [0.15, 0.2) is 5.75 Å². The van der Waals surface area contributed by atoms with E-state index in [0.717, 1.165) is 7.11 Å². The molecule has 0 fully saturated rings. The van der Waals surface area contributed by atoms with E-state index in [2.05, 4.69) is 4.74 Å². The minimum Gasteiger partial charge on any atom is -0.494 e. The highest BCUT2D eigenvalue weighted by Gasteiger charge is 2.33. The first kappa shape index (κ1) is 12.6. The second-order valence-electron chi connectivity index (χ2n) is 2.84. The molecule has 0 bridgehead atoms. The number of carbonyl (C=O) groups is 1. The standard InChI is InChI=1S/C9H6ClF3O3/c1-16-7-5(8(14)15)2-4(3-6(7)10)9(11,12)13/h2-3H,1H3,(H,14,15). The van der Waals surface area contributed by atoms with Gasteiger partial charge in [-0.3, -0.25) is 0 Å². The van der Waals surface area contributed by atoms with Crippen molar-refractivity contribution in [3.63, 3.8) is 0 Å². The Kier molecular flexibility index (Phi) is 3.32. The first-order valence-corrected chi connectivity index (χ1v) is 4.33. The summed E-state index contributed by atoms with van der Waals surface area (Å²) >= 11 is 5.50. The maximum Gasteiger partial charge on any atom is 0.416 e. The van der Waals surface area contributed by atoms with Crippen LogP contribution in [0.1, 0.15) is 15.9 Å². The molecule has 0 unspecified atom stereocenters. The number of hydrogen-bond donors (Lipinski definition) is 1. The van der Waals surface area contributed by atoms with Crippen molar-refractivity contribution < 1.29 is 27.8 Å². The lowest BCUT2D eigenvalue weighted by Crippen LogP contribution is -2.09. The Morgan fingerprint density at radius 2 is 2.00 bits per heavy atom. The van der Waals surface area contributed by atoms with Crippen LogP contribution in [0.5, 0.6) is 5.75 Å². The van der Waals surface area contributed by atoms with Gasteiger partial charge in [-0.15, -0.1) is 0 Å². The van der Waals surface area contributed by atoms with Gasteiger partial charge in [-0.2, -0.15) is 13.2 Å². The number of carboxylic acids is 1. The van der Waals surface area contributed by atoms with Gasteiger partial charge >= 0.3 is 12.1 Å². The fourth-order valence-corrected chi connectivity index (χ4v) is 1.42. The Hall–Kier alpha value is -1.43. The van der Waals surface area contributed by atoms with Gasteiger partial charge in [-0.25, -0.2) is 4.79 Å². The average Bonchev–Trinajstić information content (AvgIpc) is 2.14. The van der Waals surface area contributed by atoms with Crippen LogP contribution in [0.4, 0.5) is 13.2 Å². The SMILES string of the molecule is COc1c(Cl)cc(C(F)(F)F)cc1C(=O)O. The largest absolute Gasteiger partial charge is 0.494 e. The molecule has 1 aromatic rings. The third-order valence-corrected chi connectivity index (χ3v) is 2.09. The van der Waals surface area contributed by atoms with Crippen molar-refractivity contribution in [2.24, 2.45) is 0 Å². The number of hydrogen-bond acceptors (Lipinski definition) is 2. The first-order valence-electron chi connectivity index (χ1n) is 3.95. The summed E-state index contributed by atoms with van der Waals surface area (Å²) in [5, 5.41) is 8.31. The number of rotatable bonds is 2. The molecule has 0 aromatic heterocycles. The van der Waals surface area contributed by atoms with Gasteiger partial charge in [0.25, 0.3) is 0 Å². The van der Waals surface area contributed by atoms with Crippen LogP contribution in [0.3, 0.4) is 0 Å². The molecule has 0 saturated heterocycles. The van der Waals surface area contributed by atoms with Gasteiger partial charge in [-0.05, 0) is 12.1 Å². The summed E-state index contributed by atoms with van der Waals surface area (Å²) in [5.74, 6) is -1.83. The number of benzene rings is 1. The molecule has 0 amide bonds. The molecule has 7 heteroatoms. The van der Waals surface area contributed by atoms with E-state index in [0.29, 0.717) is 12.1 Å². The van der Waals surface area contributed by atoms with Crippen LogP contribution in [0.2, 0.25) is 5.02 Å². The van der Waals surface area contributed by atoms with E-state index in [1.807, 2.05) is 0 Å². The molecule has 0 spiro atoms. The molecule has 0 aliphatic heterocycles. The highest BCUT2D eigenvalue weighted by atomic mass is 35.5. The molecular formula is C9H6ClF3O3. The minimum absolute atomic E-state index is 0.290. The predicted octanol–water partition coefficient (Wildman–Crippen LogP) is 3.07. The molecular weight excluding hydrogens is 249 g/mol. The van der Waals surface area contributed by atoms with E-state index in [1.165, 1.54) is 0 Å². The molecule has 1 aromatic carbocycles. The van der Waals surface area contributed by atoms with Crippen molar-refractivity contribution in [1.29, 1.82) is 0 Å². The normalized spacial score (nSPS) is 11.3. The first-order chi connectivity index (χ1) is 7.27. The number of halogens is 4. The Balaban J connectivity index is 3.46. The van der Waals surface area contributed by atoms with Crippen LogP contribution < -0.4 is 4.74 Å². The summed E-state index contributed by atoms with van der Waals surface area (Å²) in [7, 11) is 1.13. The molecule has 1 rings (SSSR count). The fraction of sp³-hybridized carbons (Fsp3) is 0.222. The second kappa shape index (κ2) is 4.21. The molecule has 1 N–H and O–H groups in total. The smallest absolute Gasteiger partial charge is 0.416 e. The Morgan fingerprint density at radius 1 is 1.44 bits per heavy atom. The molecule has 0 heterocycles. The van der Waals surface area contributed by atoms with Crippen LogP contribution in [0.25, 0.3) is 0 Å². The third kappa shape index (κ3) is 2.38. The number of methoxy groups -OCH3 is 1. The predicted molar refractivity (Wildman–Crippen MR) is 50.0 cm³/mol. The van der Waals surface area contributed by atoms with Gasteiger partial charge in [-0.1, -0.05) is 11.6 Å². The third-order valence-electron chi connectivity index (χ3n) is 1.81. The lowest BCUT2D eigenvalue weighted by molar-refractivity contribution is -0.137. The number of ether oxygens (including phenoxy) is 1. The van der Waals surface area contributed by atoms with Gasteiger partial charge in [0.1, 0.15) is 5.56 Å². The molecule has 0 atom stereocenters. The van der Waals surface area contributed by atoms with E-state index in [9.17, 15) is 18.0 Å². The zero-order valence-corrected chi connectivity index (χ0v) is 8.69. The van der Waals surface area contributed by atoms with Crippen LogP contribution in [0, 0.1) is 0 Å². The lowest BCUT2D eigenvalue weighted by Gasteiger charge is -2.12. The monoisotopic (exact) mass is 254 g/mol. The molecule has 0 saturated carbocycles. The summed E-state index contributed by atoms with van der Waals surface area (Å²) in [4.78, 5) is 10.7. The van der Waals surface area contributed by atoms with Crippen molar-refractivity contribution >= 4 is 17.6 Å². The topological polar surface area (TPSA) is 46.5 Å². The minimum atomic E-state index is -4.65. The van der Waals surface area contributed by atoms with Gasteiger partial charge < -0.3 is 9.84 Å². The Morgan fingerprint density at radius 3 is 2.38 bits per heavy atom. The summed E-state index contributed by atoms with van der Waals surface area (Å²) < 4.78 is 41.7. The maximum absolute atomic E-state index is 12.4. The van der Waals surface area contributed by atoms with Crippen LogP contribution in [-0.2, 0) is 6.18 Å². The molecule has 16 heavy (non-hydrogen) atoms. The van der Waals surface area contributed by atoms with Crippen molar-refractivity contribution in [3.8, 4) is 5.75 Å². The van der Waals surface area contributed by atoms with Gasteiger partial charge in [0, 0.05) is 0 Å². The highest BCUT2D eigenvalue weighted by Crippen LogP contribution is 2.37.